The van der Waals surface area contributed by atoms with Crippen LogP contribution in [0.1, 0.15) is 41.7 Å². The zero-order chi connectivity index (χ0) is 31.7. The number of hydrogen-bond acceptors (Lipinski definition) is 5. The van der Waals surface area contributed by atoms with Gasteiger partial charge in [-0.1, -0.05) is 32.1 Å². The van der Waals surface area contributed by atoms with Crippen LogP contribution < -0.4 is 23.7 Å². The fraction of sp³-hybridized carbons (Fsp3) is 0.211. The Morgan fingerprint density at radius 3 is 1.71 bits per heavy atom. The number of ether oxygens (including phenoxy) is 5. The monoisotopic (exact) mass is 606 g/mol. The van der Waals surface area contributed by atoms with Gasteiger partial charge in [0.15, 0.2) is 5.60 Å². The Hall–Kier alpha value is -5.04. The van der Waals surface area contributed by atoms with Crippen LogP contribution in [-0.2, 0) is 11.0 Å². The number of halogens is 2. The summed E-state index contributed by atoms with van der Waals surface area (Å²) in [6, 6.07) is 20.8. The van der Waals surface area contributed by atoms with Crippen molar-refractivity contribution in [3.8, 4) is 39.9 Å². The second-order valence-corrected chi connectivity index (χ2v) is 11.9. The van der Waals surface area contributed by atoms with E-state index < -0.39 is 16.8 Å². The predicted molar refractivity (Wildman–Crippen MR) is 171 cm³/mol. The number of benzene rings is 5. The maximum Gasteiger partial charge on any atom is 0.178 e. The summed E-state index contributed by atoms with van der Waals surface area (Å²) in [6.45, 7) is 4.17. The molecule has 5 aromatic rings. The Bertz CT molecular complexity index is 1950. The van der Waals surface area contributed by atoms with E-state index in [9.17, 15) is 4.39 Å². The third-order valence-corrected chi connectivity index (χ3v) is 9.12. The second kappa shape index (κ2) is 10.3. The molecule has 0 aromatic heterocycles. The highest BCUT2D eigenvalue weighted by Crippen LogP contribution is 2.58. The van der Waals surface area contributed by atoms with Crippen LogP contribution in [0.4, 0.5) is 8.78 Å². The normalized spacial score (nSPS) is 15.1. The van der Waals surface area contributed by atoms with Crippen molar-refractivity contribution in [3.63, 3.8) is 0 Å². The van der Waals surface area contributed by atoms with Gasteiger partial charge in [0.1, 0.15) is 40.4 Å². The van der Waals surface area contributed by atoms with Crippen molar-refractivity contribution in [1.29, 1.82) is 0 Å². The molecule has 5 nitrogen and oxygen atoms in total. The lowest BCUT2D eigenvalue weighted by molar-refractivity contribution is 0.161. The minimum atomic E-state index is -1.24. The Labute approximate surface area is 260 Å². The molecule has 2 aliphatic rings. The molecule has 0 saturated heterocycles. The van der Waals surface area contributed by atoms with Crippen molar-refractivity contribution in [1.82, 2.24) is 0 Å². The Morgan fingerprint density at radius 1 is 0.622 bits per heavy atom. The molecule has 0 radical (unpaired) electrons. The van der Waals surface area contributed by atoms with Crippen LogP contribution in [0, 0.1) is 11.6 Å². The second-order valence-electron chi connectivity index (χ2n) is 11.9. The van der Waals surface area contributed by atoms with Crippen molar-refractivity contribution in [2.75, 3.05) is 28.4 Å². The van der Waals surface area contributed by atoms with Crippen LogP contribution in [0.5, 0.6) is 28.7 Å². The maximum absolute atomic E-state index is 15.1. The molecule has 0 N–H and O–H groups in total. The molecule has 5 aromatic carbocycles. The quantitative estimate of drug-likeness (QED) is 0.193. The van der Waals surface area contributed by atoms with Gasteiger partial charge in [0.2, 0.25) is 0 Å². The Kier molecular flexibility index (Phi) is 6.55. The van der Waals surface area contributed by atoms with E-state index in [1.54, 1.807) is 52.7 Å². The van der Waals surface area contributed by atoms with Gasteiger partial charge in [-0.3, -0.25) is 0 Å². The van der Waals surface area contributed by atoms with Crippen LogP contribution in [0.25, 0.3) is 28.0 Å². The first-order valence-electron chi connectivity index (χ1n) is 14.6. The van der Waals surface area contributed by atoms with E-state index in [4.69, 9.17) is 23.7 Å². The van der Waals surface area contributed by atoms with Gasteiger partial charge in [0.25, 0.3) is 0 Å². The van der Waals surface area contributed by atoms with Crippen LogP contribution in [-0.4, -0.2) is 28.4 Å². The molecule has 1 aliphatic heterocycles. The molecule has 7 rings (SSSR count). The summed E-state index contributed by atoms with van der Waals surface area (Å²) in [5, 5.41) is 1.43. The van der Waals surface area contributed by atoms with E-state index in [0.717, 1.165) is 33.2 Å². The lowest BCUT2D eigenvalue weighted by Crippen LogP contribution is -2.35. The third-order valence-electron chi connectivity index (χ3n) is 9.12. The number of fused-ring (bicyclic) bond motifs is 8. The fourth-order valence-electron chi connectivity index (χ4n) is 6.95. The molecular weight excluding hydrogens is 574 g/mol. The summed E-state index contributed by atoms with van der Waals surface area (Å²) in [5.74, 6) is 2.11. The molecule has 0 saturated carbocycles. The van der Waals surface area contributed by atoms with Gasteiger partial charge in [0, 0.05) is 39.6 Å². The SMILES string of the molecule is COc1cc(OC)cc(C2(c3cc(OC)cc(OC)c3)C=Cc3c4c(c5ccc(F)cc5c3O2)-c2ccc(F)cc2C4(C)C)c1. The average molecular weight is 607 g/mol. The first kappa shape index (κ1) is 28.7. The lowest BCUT2D eigenvalue weighted by Gasteiger charge is -2.38. The van der Waals surface area contributed by atoms with Gasteiger partial charge < -0.3 is 23.7 Å². The average Bonchev–Trinajstić information content (AvgIpc) is 3.29. The minimum Gasteiger partial charge on any atom is -0.497 e. The summed E-state index contributed by atoms with van der Waals surface area (Å²) in [7, 11) is 6.37. The molecule has 0 fully saturated rings. The van der Waals surface area contributed by atoms with Crippen LogP contribution in [0.15, 0.2) is 78.9 Å². The fourth-order valence-corrected chi connectivity index (χ4v) is 6.95. The molecule has 0 amide bonds. The summed E-state index contributed by atoms with van der Waals surface area (Å²) >= 11 is 0. The summed E-state index contributed by atoms with van der Waals surface area (Å²) in [4.78, 5) is 0. The van der Waals surface area contributed by atoms with Crippen LogP contribution in [0.2, 0.25) is 0 Å². The Morgan fingerprint density at radius 2 is 1.16 bits per heavy atom. The topological polar surface area (TPSA) is 46.2 Å². The van der Waals surface area contributed by atoms with E-state index in [0.29, 0.717) is 45.3 Å². The summed E-state index contributed by atoms with van der Waals surface area (Å²) in [5.41, 5.74) is 4.18. The lowest BCUT2D eigenvalue weighted by atomic mass is 9.76. The Balaban J connectivity index is 1.59. The van der Waals surface area contributed by atoms with Gasteiger partial charge in [-0.15, -0.1) is 0 Å². The van der Waals surface area contributed by atoms with Crippen molar-refractivity contribution >= 4 is 16.8 Å². The van der Waals surface area contributed by atoms with E-state index in [2.05, 4.69) is 13.8 Å². The molecule has 0 spiro atoms. The predicted octanol–water partition coefficient (Wildman–Crippen LogP) is 8.81. The highest BCUT2D eigenvalue weighted by Gasteiger charge is 2.45. The largest absolute Gasteiger partial charge is 0.497 e. The van der Waals surface area contributed by atoms with Gasteiger partial charge in [0.05, 0.1) is 28.4 Å². The highest BCUT2D eigenvalue weighted by molar-refractivity contribution is 6.08. The smallest absolute Gasteiger partial charge is 0.178 e. The number of methoxy groups -OCH3 is 4. The van der Waals surface area contributed by atoms with Gasteiger partial charge in [-0.05, 0) is 82.2 Å². The van der Waals surface area contributed by atoms with Crippen LogP contribution in [0.3, 0.4) is 0 Å². The van der Waals surface area contributed by atoms with Gasteiger partial charge >= 0.3 is 0 Å². The first-order valence-corrected chi connectivity index (χ1v) is 14.6. The third kappa shape index (κ3) is 4.25. The first-order chi connectivity index (χ1) is 21.6. The molecule has 7 heteroatoms. The van der Waals surface area contributed by atoms with E-state index >= 15 is 4.39 Å². The number of hydrogen-bond donors (Lipinski definition) is 0. The number of rotatable bonds is 6. The molecule has 1 aliphatic carbocycles. The molecular formula is C38H32F2O5. The molecule has 0 atom stereocenters. The van der Waals surface area contributed by atoms with Crippen LogP contribution >= 0.6 is 0 Å². The molecule has 45 heavy (non-hydrogen) atoms. The highest BCUT2D eigenvalue weighted by atomic mass is 19.1. The van der Waals surface area contributed by atoms with Gasteiger partial charge in [-0.2, -0.15) is 0 Å². The maximum atomic E-state index is 15.1. The molecule has 1 heterocycles. The summed E-state index contributed by atoms with van der Waals surface area (Å²) in [6.07, 6.45) is 4.02. The standard InChI is InChI=1S/C38H32F2O5/c1-37(2)33-18-24(40)8-10-30(33)34-29-9-7-23(39)17-32(29)36-31(35(34)37)11-12-38(45-36,21-13-25(41-3)19-26(14-21)42-4)22-15-27(43-5)20-28(16-22)44-6/h7-20H,1-6H3. The van der Waals surface area contributed by atoms with Crippen molar-refractivity contribution < 1.29 is 32.5 Å². The molecule has 0 bridgehead atoms. The van der Waals surface area contributed by atoms with Crippen molar-refractivity contribution in [2.24, 2.45) is 0 Å². The van der Waals surface area contributed by atoms with Gasteiger partial charge in [-0.25, -0.2) is 8.78 Å². The minimum absolute atomic E-state index is 0.302. The zero-order valence-electron chi connectivity index (χ0n) is 25.9. The zero-order valence-corrected chi connectivity index (χ0v) is 25.9. The molecule has 228 valence electrons. The van der Waals surface area contributed by atoms with E-state index in [-0.39, 0.29) is 5.82 Å². The van der Waals surface area contributed by atoms with Crippen molar-refractivity contribution in [3.05, 3.63) is 118 Å². The van der Waals surface area contributed by atoms with E-state index in [1.165, 1.54) is 18.2 Å². The van der Waals surface area contributed by atoms with E-state index in [1.807, 2.05) is 42.5 Å². The summed E-state index contributed by atoms with van der Waals surface area (Å²) < 4.78 is 59.6. The molecule has 0 unspecified atom stereocenters. The van der Waals surface area contributed by atoms with Crippen molar-refractivity contribution in [2.45, 2.75) is 24.9 Å².